The van der Waals surface area contributed by atoms with Crippen LogP contribution < -0.4 is 0 Å². The van der Waals surface area contributed by atoms with Crippen LogP contribution in [0.2, 0.25) is 0 Å². The maximum atomic E-state index is 12.8. The molecule has 0 bridgehead atoms. The van der Waals surface area contributed by atoms with Gasteiger partial charge in [-0.2, -0.15) is 0 Å². The quantitative estimate of drug-likeness (QED) is 0.734. The number of Topliss-reactive ketones (excluding diaryl/α,β-unsaturated/α-hetero) is 1. The van der Waals surface area contributed by atoms with Crippen LogP contribution in [0, 0.1) is 0 Å². The molecule has 4 heteroatoms. The van der Waals surface area contributed by atoms with Gasteiger partial charge in [0.15, 0.2) is 0 Å². The van der Waals surface area contributed by atoms with Gasteiger partial charge < -0.3 is 4.98 Å². The summed E-state index contributed by atoms with van der Waals surface area (Å²) in [7, 11) is 0. The molecule has 0 unspecified atom stereocenters. The number of imidazole rings is 1. The Hall–Kier alpha value is -3.01. The van der Waals surface area contributed by atoms with E-state index in [-0.39, 0.29) is 18.0 Å². The number of aromatic amines is 1. The first-order valence-electron chi connectivity index (χ1n) is 7.38. The number of aromatic nitrogens is 2. The second kappa shape index (κ2) is 6.40. The number of rotatable bonds is 5. The van der Waals surface area contributed by atoms with Crippen LogP contribution >= 0.6 is 0 Å². The number of H-pyrrole nitrogens is 1. The van der Waals surface area contributed by atoms with Crippen LogP contribution in [-0.2, 0) is 11.2 Å². The smallest absolute Gasteiger partial charge is 0.211 e. The Morgan fingerprint density at radius 1 is 0.957 bits per heavy atom. The molecule has 4 nitrogen and oxygen atoms in total. The Bertz CT molecular complexity index is 836. The van der Waals surface area contributed by atoms with E-state index in [4.69, 9.17) is 0 Å². The van der Waals surface area contributed by atoms with Gasteiger partial charge in [-0.1, -0.05) is 60.7 Å². The van der Waals surface area contributed by atoms with E-state index in [2.05, 4.69) is 9.97 Å². The third-order valence-electron chi connectivity index (χ3n) is 3.48. The van der Waals surface area contributed by atoms with Gasteiger partial charge in [-0.25, -0.2) is 4.98 Å². The highest BCUT2D eigenvalue weighted by Gasteiger charge is 2.20. The average Bonchev–Trinajstić information content (AvgIpc) is 2.99. The van der Waals surface area contributed by atoms with Gasteiger partial charge in [-0.05, 0) is 6.92 Å². The maximum Gasteiger partial charge on any atom is 0.211 e. The summed E-state index contributed by atoms with van der Waals surface area (Å²) in [5.74, 6) is 0.375. The molecule has 114 valence electrons. The van der Waals surface area contributed by atoms with E-state index in [0.29, 0.717) is 22.8 Å². The molecule has 3 rings (SSSR count). The van der Waals surface area contributed by atoms with E-state index >= 15 is 0 Å². The van der Waals surface area contributed by atoms with Crippen molar-refractivity contribution in [3.63, 3.8) is 0 Å². The summed E-state index contributed by atoms with van der Waals surface area (Å²) >= 11 is 0. The molecular weight excluding hydrogens is 288 g/mol. The summed E-state index contributed by atoms with van der Waals surface area (Å²) in [6.45, 7) is 1.50. The van der Waals surface area contributed by atoms with Crippen molar-refractivity contribution in [1.29, 1.82) is 0 Å². The molecule has 23 heavy (non-hydrogen) atoms. The van der Waals surface area contributed by atoms with Crippen molar-refractivity contribution in [3.05, 3.63) is 77.7 Å². The molecular formula is C19H16N2O2. The fourth-order valence-electron chi connectivity index (χ4n) is 2.44. The van der Waals surface area contributed by atoms with Gasteiger partial charge in [0.25, 0.3) is 0 Å². The molecule has 0 amide bonds. The Labute approximate surface area is 134 Å². The minimum atomic E-state index is -0.133. The highest BCUT2D eigenvalue weighted by molar-refractivity contribution is 6.11. The highest BCUT2D eigenvalue weighted by Crippen LogP contribution is 2.24. The largest absolute Gasteiger partial charge is 0.338 e. The second-order valence-corrected chi connectivity index (χ2v) is 5.35. The van der Waals surface area contributed by atoms with Crippen molar-refractivity contribution < 1.29 is 9.59 Å². The Morgan fingerprint density at radius 2 is 1.57 bits per heavy atom. The van der Waals surface area contributed by atoms with Gasteiger partial charge in [0.1, 0.15) is 17.3 Å². The molecule has 0 saturated carbocycles. The first kappa shape index (κ1) is 14.9. The number of nitrogens with zero attached hydrogens (tertiary/aromatic N) is 1. The number of ketones is 2. The number of benzene rings is 2. The summed E-state index contributed by atoms with van der Waals surface area (Å²) in [4.78, 5) is 31.6. The average molecular weight is 304 g/mol. The molecule has 0 atom stereocenters. The van der Waals surface area contributed by atoms with Crippen LogP contribution in [0.5, 0.6) is 0 Å². The SMILES string of the molecule is CC(=O)Cc1nc(-c2ccccc2)c(C(=O)c2ccccc2)[nH]1. The lowest BCUT2D eigenvalue weighted by Gasteiger charge is -2.02. The predicted octanol–water partition coefficient (Wildman–Crippen LogP) is 3.44. The fourth-order valence-corrected chi connectivity index (χ4v) is 2.44. The zero-order valence-electron chi connectivity index (χ0n) is 12.7. The molecule has 0 saturated heterocycles. The van der Waals surface area contributed by atoms with Crippen molar-refractivity contribution in [2.24, 2.45) is 0 Å². The van der Waals surface area contributed by atoms with Crippen molar-refractivity contribution in [2.75, 3.05) is 0 Å². The summed E-state index contributed by atoms with van der Waals surface area (Å²) in [6, 6.07) is 18.5. The Balaban J connectivity index is 2.09. The summed E-state index contributed by atoms with van der Waals surface area (Å²) in [6.07, 6.45) is 0.182. The van der Waals surface area contributed by atoms with Crippen molar-refractivity contribution in [2.45, 2.75) is 13.3 Å². The third kappa shape index (κ3) is 3.26. The van der Waals surface area contributed by atoms with E-state index in [1.807, 2.05) is 48.5 Å². The fraction of sp³-hybridized carbons (Fsp3) is 0.105. The molecule has 1 N–H and O–H groups in total. The molecule has 3 aromatic rings. The summed E-state index contributed by atoms with van der Waals surface area (Å²) in [5.41, 5.74) is 2.43. The number of nitrogens with one attached hydrogen (secondary N) is 1. The number of carbonyl (C=O) groups is 2. The van der Waals surface area contributed by atoms with E-state index in [1.165, 1.54) is 6.92 Å². The highest BCUT2D eigenvalue weighted by atomic mass is 16.1. The zero-order valence-corrected chi connectivity index (χ0v) is 12.7. The Kier molecular flexibility index (Phi) is 4.15. The number of hydrogen-bond donors (Lipinski definition) is 1. The van der Waals surface area contributed by atoms with Crippen LogP contribution in [0.15, 0.2) is 60.7 Å². The van der Waals surface area contributed by atoms with Gasteiger partial charge >= 0.3 is 0 Å². The van der Waals surface area contributed by atoms with Crippen LogP contribution in [0.3, 0.4) is 0 Å². The molecule has 0 spiro atoms. The van der Waals surface area contributed by atoms with Crippen molar-refractivity contribution >= 4 is 11.6 Å². The maximum absolute atomic E-state index is 12.8. The lowest BCUT2D eigenvalue weighted by Crippen LogP contribution is -2.04. The van der Waals surface area contributed by atoms with Crippen molar-refractivity contribution in [1.82, 2.24) is 9.97 Å². The molecule has 0 aliphatic heterocycles. The van der Waals surface area contributed by atoms with Crippen LogP contribution in [-0.4, -0.2) is 21.5 Å². The lowest BCUT2D eigenvalue weighted by atomic mass is 10.0. The van der Waals surface area contributed by atoms with Crippen LogP contribution in [0.4, 0.5) is 0 Å². The molecule has 0 aliphatic carbocycles. The summed E-state index contributed by atoms with van der Waals surface area (Å²) in [5, 5.41) is 0. The van der Waals surface area contributed by atoms with Gasteiger partial charge in [0, 0.05) is 11.1 Å². The standard InChI is InChI=1S/C19H16N2O2/c1-13(22)12-16-20-17(14-8-4-2-5-9-14)18(21-16)19(23)15-10-6-3-7-11-15/h2-11H,12H2,1H3,(H,20,21). The number of hydrogen-bond acceptors (Lipinski definition) is 3. The monoisotopic (exact) mass is 304 g/mol. The first-order valence-corrected chi connectivity index (χ1v) is 7.38. The molecule has 0 aliphatic rings. The van der Waals surface area contributed by atoms with Crippen LogP contribution in [0.1, 0.15) is 28.8 Å². The van der Waals surface area contributed by atoms with Crippen LogP contribution in [0.25, 0.3) is 11.3 Å². The van der Waals surface area contributed by atoms with Crippen molar-refractivity contribution in [3.8, 4) is 11.3 Å². The van der Waals surface area contributed by atoms with Gasteiger partial charge in [-0.3, -0.25) is 9.59 Å². The summed E-state index contributed by atoms with van der Waals surface area (Å²) < 4.78 is 0. The molecule has 1 heterocycles. The lowest BCUT2D eigenvalue weighted by molar-refractivity contribution is -0.116. The molecule has 1 aromatic heterocycles. The minimum Gasteiger partial charge on any atom is -0.338 e. The first-order chi connectivity index (χ1) is 11.1. The van der Waals surface area contributed by atoms with Gasteiger partial charge in [0.2, 0.25) is 5.78 Å². The van der Waals surface area contributed by atoms with Gasteiger partial charge in [0.05, 0.1) is 12.1 Å². The third-order valence-corrected chi connectivity index (χ3v) is 3.48. The van der Waals surface area contributed by atoms with E-state index in [9.17, 15) is 9.59 Å². The van der Waals surface area contributed by atoms with E-state index < -0.39 is 0 Å². The number of carbonyl (C=O) groups excluding carboxylic acids is 2. The molecule has 2 aromatic carbocycles. The normalized spacial score (nSPS) is 10.5. The zero-order chi connectivity index (χ0) is 16.2. The predicted molar refractivity (Wildman–Crippen MR) is 88.3 cm³/mol. The Morgan fingerprint density at radius 3 is 2.17 bits per heavy atom. The minimum absolute atomic E-state index is 0.00271. The van der Waals surface area contributed by atoms with E-state index in [1.54, 1.807) is 12.1 Å². The molecule has 0 fully saturated rings. The molecule has 0 radical (unpaired) electrons. The topological polar surface area (TPSA) is 62.8 Å². The van der Waals surface area contributed by atoms with Gasteiger partial charge in [-0.15, -0.1) is 0 Å². The van der Waals surface area contributed by atoms with E-state index in [0.717, 1.165) is 5.56 Å². The second-order valence-electron chi connectivity index (χ2n) is 5.35.